The van der Waals surface area contributed by atoms with Crippen LogP contribution < -0.4 is 48.9 Å². The zero-order valence-corrected chi connectivity index (χ0v) is 45.7. The fourth-order valence-electron chi connectivity index (χ4n) is 9.30. The number of nitrogens with one attached hydrogen (secondary N) is 4. The number of carbonyl (C=O) groups excluding carboxylic acids is 6. The third-order valence-electron chi connectivity index (χ3n) is 14.3. The average molecular weight is 1040 g/mol. The van der Waals surface area contributed by atoms with E-state index in [4.69, 9.17) is 17.2 Å². The van der Waals surface area contributed by atoms with Crippen molar-refractivity contribution in [2.75, 3.05) is 50.7 Å². The van der Waals surface area contributed by atoms with Crippen LogP contribution in [0.25, 0.3) is 10.9 Å². The Morgan fingerprint density at radius 1 is 0.703 bits per heavy atom. The van der Waals surface area contributed by atoms with Gasteiger partial charge in [0.15, 0.2) is 11.7 Å². The Kier molecular flexibility index (Phi) is 30.1. The van der Waals surface area contributed by atoms with Gasteiger partial charge in [0.1, 0.15) is 12.6 Å². The van der Waals surface area contributed by atoms with Crippen molar-refractivity contribution < 1.29 is 28.8 Å². The Hall–Kier alpha value is -5.59. The zero-order valence-electron chi connectivity index (χ0n) is 45.7. The van der Waals surface area contributed by atoms with Gasteiger partial charge in [0.25, 0.3) is 5.56 Å². The van der Waals surface area contributed by atoms with Gasteiger partial charge in [-0.25, -0.2) is 4.98 Å². The number of nitrogens with two attached hydrogens (primary N) is 3. The number of Topliss-reactive ketones (excluding diaryl/α,β-unsaturated/α-hetero) is 1. The van der Waals surface area contributed by atoms with Crippen molar-refractivity contribution in [1.82, 2.24) is 35.7 Å². The molecule has 5 atom stereocenters. The molecule has 1 fully saturated rings. The lowest BCUT2D eigenvalue weighted by atomic mass is 9.93. The van der Waals surface area contributed by atoms with Crippen LogP contribution in [0.15, 0.2) is 34.3 Å². The van der Waals surface area contributed by atoms with Crippen molar-refractivity contribution in [3.63, 3.8) is 0 Å². The van der Waals surface area contributed by atoms with Gasteiger partial charge in [-0.2, -0.15) is 0 Å². The molecule has 19 heteroatoms. The highest BCUT2D eigenvalue weighted by Gasteiger charge is 2.31. The smallest absolute Gasteiger partial charge is 0.261 e. The topological polar surface area (TPSA) is 282 Å². The lowest BCUT2D eigenvalue weighted by Gasteiger charge is -2.38. The van der Waals surface area contributed by atoms with E-state index in [2.05, 4.69) is 50.0 Å². The van der Waals surface area contributed by atoms with Gasteiger partial charge in [0.05, 0.1) is 29.3 Å². The van der Waals surface area contributed by atoms with Crippen LogP contribution in [0, 0.1) is 11.8 Å². The maximum atomic E-state index is 14.1. The first-order valence-electron chi connectivity index (χ1n) is 28.1. The molecule has 1 aliphatic rings. The van der Waals surface area contributed by atoms with Crippen LogP contribution >= 0.6 is 0 Å². The summed E-state index contributed by atoms with van der Waals surface area (Å²) in [5, 5.41) is 12.2. The second kappa shape index (κ2) is 35.6. The first kappa shape index (κ1) is 62.7. The standard InChI is InChI=1S/C55H94N12O7/c1-6-9-11-13-14-17-24-42(23-16-12-10-7-2)51(71)60-31-20-15-18-27-48(69)59-30-21-19-25-47(64-52(72)50(56)40(4)8-3)54(74)66-35-33-65(34-36-66)43-28-29-46-44(37-43)53(73)67(39-62-46)38-49(70)63-45(41(5)68)26-22-32-61-55(57)58/h28-29,37,39-40,42,45,47,50H,6-27,30-36,38,56H2,1-5H3,(H,59,69)(H,60,71)(H,63,70)(H,64,72)(H4,57,58,61)/t40-,42?,45-,47-,50-/m0/s1. The van der Waals surface area contributed by atoms with Crippen molar-refractivity contribution in [3.8, 4) is 0 Å². The number of aromatic nitrogens is 2. The number of hydrogen-bond donors (Lipinski definition) is 7. The van der Waals surface area contributed by atoms with Crippen LogP contribution in [0.3, 0.4) is 0 Å². The summed E-state index contributed by atoms with van der Waals surface area (Å²) in [7, 11) is 0. The number of amides is 5. The Labute approximate surface area is 441 Å². The van der Waals surface area contributed by atoms with Gasteiger partial charge < -0.3 is 48.3 Å². The van der Waals surface area contributed by atoms with E-state index < -0.39 is 29.6 Å². The predicted molar refractivity (Wildman–Crippen MR) is 295 cm³/mol. The molecule has 19 nitrogen and oxygen atoms in total. The van der Waals surface area contributed by atoms with Crippen LogP contribution in [-0.2, 0) is 35.3 Å². The molecule has 0 spiro atoms. The van der Waals surface area contributed by atoms with E-state index in [-0.39, 0.29) is 53.8 Å². The molecule has 2 aromatic rings. The Morgan fingerprint density at radius 2 is 1.31 bits per heavy atom. The molecule has 74 heavy (non-hydrogen) atoms. The molecule has 1 saturated heterocycles. The first-order valence-corrected chi connectivity index (χ1v) is 28.1. The summed E-state index contributed by atoms with van der Waals surface area (Å²) in [4.78, 5) is 104. The second-order valence-electron chi connectivity index (χ2n) is 20.4. The van der Waals surface area contributed by atoms with Crippen LogP contribution in [0.5, 0.6) is 0 Å². The third kappa shape index (κ3) is 23.3. The first-order chi connectivity index (χ1) is 35.6. The quantitative estimate of drug-likeness (QED) is 0.0255. The number of ketones is 1. The minimum atomic E-state index is -0.787. The number of piperazine rings is 1. The molecule has 1 unspecified atom stereocenters. The summed E-state index contributed by atoms with van der Waals surface area (Å²) < 4.78 is 1.21. The molecule has 10 N–H and O–H groups in total. The minimum absolute atomic E-state index is 0.0254. The summed E-state index contributed by atoms with van der Waals surface area (Å²) >= 11 is 0. The fourth-order valence-corrected chi connectivity index (χ4v) is 9.30. The fraction of sp³-hybridized carbons (Fsp3) is 0.727. The van der Waals surface area contributed by atoms with Gasteiger partial charge in [0.2, 0.25) is 29.5 Å². The van der Waals surface area contributed by atoms with Crippen LogP contribution in [0.4, 0.5) is 5.69 Å². The van der Waals surface area contributed by atoms with E-state index in [1.807, 2.05) is 19.9 Å². The molecule has 5 amide bonds. The van der Waals surface area contributed by atoms with E-state index in [0.29, 0.717) is 102 Å². The van der Waals surface area contributed by atoms with Crippen molar-refractivity contribution in [3.05, 3.63) is 34.9 Å². The number of hydrogen-bond acceptors (Lipinski definition) is 11. The van der Waals surface area contributed by atoms with Crippen LogP contribution in [0.2, 0.25) is 0 Å². The molecule has 1 aromatic heterocycles. The molecular weight excluding hydrogens is 941 g/mol. The number of anilines is 1. The number of aliphatic imine (C=N–C) groups is 1. The van der Waals surface area contributed by atoms with E-state index in [0.717, 1.165) is 50.6 Å². The lowest BCUT2D eigenvalue weighted by Crippen LogP contribution is -2.57. The molecule has 416 valence electrons. The van der Waals surface area contributed by atoms with Gasteiger partial charge in [-0.15, -0.1) is 0 Å². The SMILES string of the molecule is CCCCCCCCC(CCCCCC)C(=O)NCCCCCC(=O)NCCCC[C@H](NC(=O)[C@@H](N)[C@@H](C)CC)C(=O)N1CCN(c2ccc3ncn(CC(=O)N[C@@H](CCCN=C(N)N)C(C)=O)c(=O)c3c2)CC1. The lowest BCUT2D eigenvalue weighted by molar-refractivity contribution is -0.137. The number of rotatable bonds is 38. The number of guanidine groups is 1. The van der Waals surface area contributed by atoms with Crippen molar-refractivity contribution in [2.45, 2.75) is 201 Å². The van der Waals surface area contributed by atoms with E-state index >= 15 is 0 Å². The molecule has 0 radical (unpaired) electrons. The highest BCUT2D eigenvalue weighted by molar-refractivity contribution is 5.90. The largest absolute Gasteiger partial charge is 0.370 e. The van der Waals surface area contributed by atoms with Gasteiger partial charge in [-0.3, -0.25) is 43.1 Å². The normalized spacial score (nSPS) is 14.6. The molecular formula is C55H94N12O7. The predicted octanol–water partition coefficient (Wildman–Crippen LogP) is 5.33. The highest BCUT2D eigenvalue weighted by Crippen LogP contribution is 2.22. The van der Waals surface area contributed by atoms with E-state index in [1.165, 1.54) is 69.2 Å². The summed E-state index contributed by atoms with van der Waals surface area (Å²) in [6.45, 7) is 12.5. The van der Waals surface area contributed by atoms with Gasteiger partial charge in [0, 0.05) is 63.8 Å². The maximum absolute atomic E-state index is 14.1. The molecule has 0 saturated carbocycles. The Bertz CT molecular complexity index is 2120. The Morgan fingerprint density at radius 3 is 1.97 bits per heavy atom. The highest BCUT2D eigenvalue weighted by atomic mass is 16.2. The number of benzene rings is 1. The summed E-state index contributed by atoms with van der Waals surface area (Å²) in [5.41, 5.74) is 17.9. The van der Waals surface area contributed by atoms with Crippen molar-refractivity contribution >= 4 is 57.9 Å². The van der Waals surface area contributed by atoms with Crippen LogP contribution in [-0.4, -0.2) is 120 Å². The van der Waals surface area contributed by atoms with E-state index in [9.17, 15) is 33.6 Å². The molecule has 1 aromatic carbocycles. The zero-order chi connectivity index (χ0) is 54.3. The summed E-state index contributed by atoms with van der Waals surface area (Å²) in [6, 6.07) is 3.05. The molecule has 0 aliphatic carbocycles. The van der Waals surface area contributed by atoms with Gasteiger partial charge in [-0.05, 0) is 88.8 Å². The second-order valence-corrected chi connectivity index (χ2v) is 20.4. The number of fused-ring (bicyclic) bond motifs is 1. The third-order valence-corrected chi connectivity index (χ3v) is 14.3. The van der Waals surface area contributed by atoms with E-state index in [1.54, 1.807) is 17.0 Å². The molecule has 1 aliphatic heterocycles. The van der Waals surface area contributed by atoms with Crippen molar-refractivity contribution in [2.24, 2.45) is 34.0 Å². The average Bonchev–Trinajstić information content (AvgIpc) is 3.39. The Balaban J connectivity index is 1.48. The minimum Gasteiger partial charge on any atom is -0.370 e. The van der Waals surface area contributed by atoms with Gasteiger partial charge >= 0.3 is 0 Å². The monoisotopic (exact) mass is 1030 g/mol. The molecule has 0 bridgehead atoms. The van der Waals surface area contributed by atoms with Gasteiger partial charge in [-0.1, -0.05) is 105 Å². The summed E-state index contributed by atoms with van der Waals surface area (Å²) in [6.07, 6.45) is 21.2. The van der Waals surface area contributed by atoms with Crippen LogP contribution in [0.1, 0.15) is 176 Å². The number of nitrogens with zero attached hydrogens (tertiary/aromatic N) is 5. The van der Waals surface area contributed by atoms with Crippen molar-refractivity contribution in [1.29, 1.82) is 0 Å². The number of carbonyl (C=O) groups is 6. The summed E-state index contributed by atoms with van der Waals surface area (Å²) in [5.74, 6) is -1.18. The molecule has 2 heterocycles. The maximum Gasteiger partial charge on any atom is 0.261 e. The number of unbranched alkanes of at least 4 members (excludes halogenated alkanes) is 11. The molecule has 3 rings (SSSR count).